The highest BCUT2D eigenvalue weighted by Gasteiger charge is 2.23. The maximum atomic E-state index is 13.0. The van der Waals surface area contributed by atoms with Gasteiger partial charge in [0, 0.05) is 0 Å². The van der Waals surface area contributed by atoms with Crippen molar-refractivity contribution in [2.45, 2.75) is 12.5 Å². The average molecular weight is 184 g/mol. The summed E-state index contributed by atoms with van der Waals surface area (Å²) in [6, 6.07) is 4.38. The van der Waals surface area contributed by atoms with E-state index in [0.717, 1.165) is 0 Å². The largest absolute Gasteiger partial charge is 0.396 e. The van der Waals surface area contributed by atoms with Crippen molar-refractivity contribution in [3.63, 3.8) is 0 Å². The molecule has 0 heterocycles. The first-order valence-electron chi connectivity index (χ1n) is 3.93. The molecule has 0 saturated heterocycles. The fourth-order valence-corrected chi connectivity index (χ4v) is 1.12. The van der Waals surface area contributed by atoms with Crippen LogP contribution in [0, 0.1) is 5.82 Å². The fraction of sp³-hybridized carbons (Fsp3) is 0.333. The summed E-state index contributed by atoms with van der Waals surface area (Å²) < 4.78 is 13.0. The van der Waals surface area contributed by atoms with Crippen molar-refractivity contribution in [1.29, 1.82) is 0 Å². The lowest BCUT2D eigenvalue weighted by Crippen LogP contribution is -2.37. The molecule has 0 spiro atoms. The predicted octanol–water partition coefficient (Wildman–Crippen LogP) is 0.574. The number of aliphatic hydroxyl groups excluding tert-OH is 1. The topological polar surface area (TPSA) is 72.3 Å². The Hall–Kier alpha value is -1.13. The number of anilines is 1. The van der Waals surface area contributed by atoms with E-state index in [1.165, 1.54) is 12.1 Å². The Morgan fingerprint density at radius 3 is 2.69 bits per heavy atom. The second kappa shape index (κ2) is 3.32. The molecule has 5 N–H and O–H groups in total. The molecule has 1 atom stereocenters. The van der Waals surface area contributed by atoms with Gasteiger partial charge in [0.2, 0.25) is 0 Å². The number of para-hydroxylation sites is 1. The van der Waals surface area contributed by atoms with Crippen LogP contribution >= 0.6 is 0 Å². The smallest absolute Gasteiger partial charge is 0.146 e. The maximum Gasteiger partial charge on any atom is 0.146 e. The second-order valence-corrected chi connectivity index (χ2v) is 3.28. The lowest BCUT2D eigenvalue weighted by molar-refractivity contribution is 0.210. The fourth-order valence-electron chi connectivity index (χ4n) is 1.12. The molecule has 1 unspecified atom stereocenters. The molecular formula is C9H13FN2O. The van der Waals surface area contributed by atoms with Crippen LogP contribution < -0.4 is 11.5 Å². The molecule has 1 aromatic rings. The summed E-state index contributed by atoms with van der Waals surface area (Å²) in [6.07, 6.45) is 0. The van der Waals surface area contributed by atoms with Gasteiger partial charge in [0.25, 0.3) is 0 Å². The van der Waals surface area contributed by atoms with Gasteiger partial charge in [-0.15, -0.1) is 0 Å². The van der Waals surface area contributed by atoms with Crippen molar-refractivity contribution in [3.8, 4) is 0 Å². The third kappa shape index (κ3) is 1.79. The molecular weight excluding hydrogens is 171 g/mol. The van der Waals surface area contributed by atoms with Crippen LogP contribution in [-0.4, -0.2) is 11.7 Å². The molecule has 4 heteroatoms. The van der Waals surface area contributed by atoms with Gasteiger partial charge in [-0.2, -0.15) is 0 Å². The van der Waals surface area contributed by atoms with Crippen LogP contribution in [0.25, 0.3) is 0 Å². The Morgan fingerprint density at radius 2 is 2.15 bits per heavy atom. The van der Waals surface area contributed by atoms with E-state index in [9.17, 15) is 4.39 Å². The zero-order valence-corrected chi connectivity index (χ0v) is 7.42. The van der Waals surface area contributed by atoms with Crippen LogP contribution in [0.1, 0.15) is 12.5 Å². The molecule has 0 bridgehead atoms. The molecule has 0 aliphatic rings. The Kier molecular flexibility index (Phi) is 2.54. The summed E-state index contributed by atoms with van der Waals surface area (Å²) in [5, 5.41) is 8.96. The molecule has 0 amide bonds. The molecule has 3 nitrogen and oxygen atoms in total. The highest BCUT2D eigenvalue weighted by molar-refractivity contribution is 5.51. The van der Waals surface area contributed by atoms with Gasteiger partial charge in [-0.05, 0) is 18.6 Å². The van der Waals surface area contributed by atoms with E-state index < -0.39 is 11.4 Å². The Balaban J connectivity index is 3.22. The lowest BCUT2D eigenvalue weighted by atomic mass is 9.92. The average Bonchev–Trinajstić information content (AvgIpc) is 2.09. The summed E-state index contributed by atoms with van der Waals surface area (Å²) in [5.74, 6) is -0.511. The number of halogens is 1. The van der Waals surface area contributed by atoms with E-state index >= 15 is 0 Å². The summed E-state index contributed by atoms with van der Waals surface area (Å²) in [4.78, 5) is 0. The second-order valence-electron chi connectivity index (χ2n) is 3.28. The molecule has 0 radical (unpaired) electrons. The summed E-state index contributed by atoms with van der Waals surface area (Å²) in [5.41, 5.74) is 10.6. The van der Waals surface area contributed by atoms with E-state index in [2.05, 4.69) is 0 Å². The highest BCUT2D eigenvalue weighted by Crippen LogP contribution is 2.25. The SMILES string of the molecule is CC(N)(CO)c1cccc(F)c1N. The number of benzene rings is 1. The van der Waals surface area contributed by atoms with E-state index in [1.54, 1.807) is 13.0 Å². The van der Waals surface area contributed by atoms with Gasteiger partial charge >= 0.3 is 0 Å². The summed E-state index contributed by atoms with van der Waals surface area (Å²) in [7, 11) is 0. The van der Waals surface area contributed by atoms with Crippen LogP contribution in [0.2, 0.25) is 0 Å². The molecule has 0 aliphatic carbocycles. The van der Waals surface area contributed by atoms with Crippen molar-refractivity contribution >= 4 is 5.69 Å². The van der Waals surface area contributed by atoms with Crippen LogP contribution in [0.3, 0.4) is 0 Å². The van der Waals surface area contributed by atoms with Gasteiger partial charge in [0.1, 0.15) is 5.82 Å². The first kappa shape index (κ1) is 9.95. The number of aliphatic hydroxyl groups is 1. The van der Waals surface area contributed by atoms with Crippen molar-refractivity contribution < 1.29 is 9.50 Å². The monoisotopic (exact) mass is 184 g/mol. The third-order valence-electron chi connectivity index (χ3n) is 2.00. The van der Waals surface area contributed by atoms with Gasteiger partial charge < -0.3 is 16.6 Å². The molecule has 13 heavy (non-hydrogen) atoms. The lowest BCUT2D eigenvalue weighted by Gasteiger charge is -2.23. The van der Waals surface area contributed by atoms with Gasteiger partial charge in [0.05, 0.1) is 17.8 Å². The number of rotatable bonds is 2. The van der Waals surface area contributed by atoms with E-state index in [-0.39, 0.29) is 12.3 Å². The minimum atomic E-state index is -0.994. The van der Waals surface area contributed by atoms with Crippen LogP contribution in [0.15, 0.2) is 18.2 Å². The van der Waals surface area contributed by atoms with Crippen molar-refractivity contribution in [2.75, 3.05) is 12.3 Å². The zero-order valence-electron chi connectivity index (χ0n) is 7.42. The van der Waals surface area contributed by atoms with Crippen LogP contribution in [0.5, 0.6) is 0 Å². The normalized spacial score (nSPS) is 15.4. The van der Waals surface area contributed by atoms with Gasteiger partial charge in [0.15, 0.2) is 0 Å². The predicted molar refractivity (Wildman–Crippen MR) is 49.4 cm³/mol. The Labute approximate surface area is 76.2 Å². The molecule has 1 aromatic carbocycles. The van der Waals surface area contributed by atoms with Crippen LogP contribution in [0.4, 0.5) is 10.1 Å². The highest BCUT2D eigenvalue weighted by atomic mass is 19.1. The minimum Gasteiger partial charge on any atom is -0.396 e. The standard InChI is InChI=1S/C9H13FN2O/c1-9(12,5-13)6-3-2-4-7(10)8(6)11/h2-4,13H,5,11-12H2,1H3. The molecule has 72 valence electrons. The van der Waals surface area contributed by atoms with Crippen molar-refractivity contribution in [2.24, 2.45) is 5.73 Å². The quantitative estimate of drug-likeness (QED) is 0.588. The van der Waals surface area contributed by atoms with Gasteiger partial charge in [-0.3, -0.25) is 0 Å². The summed E-state index contributed by atoms with van der Waals surface area (Å²) >= 11 is 0. The zero-order chi connectivity index (χ0) is 10.1. The minimum absolute atomic E-state index is 0.00144. The summed E-state index contributed by atoms with van der Waals surface area (Å²) in [6.45, 7) is 1.32. The number of nitrogens with two attached hydrogens (primary N) is 2. The van der Waals surface area contributed by atoms with Gasteiger partial charge in [-0.25, -0.2) is 4.39 Å². The Bertz CT molecular complexity index is 312. The van der Waals surface area contributed by atoms with Crippen molar-refractivity contribution in [3.05, 3.63) is 29.6 Å². The first-order chi connectivity index (χ1) is 5.99. The third-order valence-corrected chi connectivity index (χ3v) is 2.00. The number of nitrogen functional groups attached to an aromatic ring is 1. The van der Waals surface area contributed by atoms with Crippen molar-refractivity contribution in [1.82, 2.24) is 0 Å². The molecule has 0 fully saturated rings. The molecule has 0 aromatic heterocycles. The Morgan fingerprint density at radius 1 is 1.54 bits per heavy atom. The number of hydrogen-bond donors (Lipinski definition) is 3. The first-order valence-corrected chi connectivity index (χ1v) is 3.93. The van der Waals surface area contributed by atoms with Crippen LogP contribution in [-0.2, 0) is 5.54 Å². The van der Waals surface area contributed by atoms with E-state index in [4.69, 9.17) is 16.6 Å². The van der Waals surface area contributed by atoms with Gasteiger partial charge in [-0.1, -0.05) is 12.1 Å². The maximum absolute atomic E-state index is 13.0. The number of hydrogen-bond acceptors (Lipinski definition) is 3. The molecule has 0 aliphatic heterocycles. The molecule has 0 saturated carbocycles. The van der Waals surface area contributed by atoms with E-state index in [0.29, 0.717) is 5.56 Å². The van der Waals surface area contributed by atoms with E-state index in [1.807, 2.05) is 0 Å². The molecule has 1 rings (SSSR count).